The van der Waals surface area contributed by atoms with Gasteiger partial charge in [-0.15, -0.1) is 10.2 Å². The molecule has 2 aromatic carbocycles. The molecule has 8 nitrogen and oxygen atoms in total. The number of rotatable bonds is 6. The molecule has 4 N–H and O–H groups in total. The number of hydrogen-bond acceptors (Lipinski definition) is 6. The van der Waals surface area contributed by atoms with E-state index in [4.69, 9.17) is 5.84 Å². The lowest BCUT2D eigenvalue weighted by Gasteiger charge is -2.16. The van der Waals surface area contributed by atoms with Crippen molar-refractivity contribution >= 4 is 23.7 Å². The number of urea groups is 1. The molecule has 0 aliphatic rings. The van der Waals surface area contributed by atoms with Crippen molar-refractivity contribution in [1.29, 1.82) is 0 Å². The fraction of sp³-hybridized carbons (Fsp3) is 0.158. The predicted octanol–water partition coefficient (Wildman–Crippen LogP) is 2.48. The molecule has 3 aromatic rings. The van der Waals surface area contributed by atoms with Crippen molar-refractivity contribution in [3.05, 3.63) is 66.0 Å². The fourth-order valence-corrected chi connectivity index (χ4v) is 3.53. The number of nitrogens with zero attached hydrogens (tertiary/aromatic N) is 3. The summed E-state index contributed by atoms with van der Waals surface area (Å²) in [5, 5.41) is 12.1. The molecule has 29 heavy (non-hydrogen) atoms. The zero-order chi connectivity index (χ0) is 20.8. The van der Waals surface area contributed by atoms with E-state index in [1.807, 2.05) is 6.07 Å². The van der Waals surface area contributed by atoms with Crippen LogP contribution < -0.4 is 16.5 Å². The first kappa shape index (κ1) is 20.3. The minimum atomic E-state index is -0.821. The van der Waals surface area contributed by atoms with E-state index in [0.717, 1.165) is 16.4 Å². The van der Waals surface area contributed by atoms with Gasteiger partial charge < -0.3 is 11.2 Å². The SMILES string of the molecule is CCNC(=O)NC(=O)[C@@H](Sc1nnc(-c2ccccc2F)n1N)c1ccccc1. The first-order valence-electron chi connectivity index (χ1n) is 8.77. The summed E-state index contributed by atoms with van der Waals surface area (Å²) in [6, 6.07) is 14.3. The van der Waals surface area contributed by atoms with E-state index in [1.165, 1.54) is 12.1 Å². The number of aromatic nitrogens is 3. The molecule has 0 saturated carbocycles. The van der Waals surface area contributed by atoms with E-state index >= 15 is 0 Å². The molecule has 150 valence electrons. The standard InChI is InChI=1S/C19H19FN6O2S/c1-2-22-18(28)23-17(27)15(12-8-4-3-5-9-12)29-19-25-24-16(26(19)21)13-10-6-7-11-14(13)20/h3-11,15H,2,21H2,1H3,(H2,22,23,27,28)/t15-/m0/s1. The van der Waals surface area contributed by atoms with E-state index in [9.17, 15) is 14.0 Å². The number of halogens is 1. The van der Waals surface area contributed by atoms with Gasteiger partial charge in [0.25, 0.3) is 0 Å². The summed E-state index contributed by atoms with van der Waals surface area (Å²) in [6.45, 7) is 2.13. The molecular formula is C19H19FN6O2S. The van der Waals surface area contributed by atoms with Crippen molar-refractivity contribution in [3.63, 3.8) is 0 Å². The van der Waals surface area contributed by atoms with Crippen molar-refractivity contribution in [3.8, 4) is 11.4 Å². The number of carbonyl (C=O) groups is 2. The Bertz CT molecular complexity index is 1010. The van der Waals surface area contributed by atoms with Gasteiger partial charge in [0.05, 0.1) is 5.56 Å². The van der Waals surface area contributed by atoms with E-state index < -0.39 is 23.0 Å². The van der Waals surface area contributed by atoms with Crippen LogP contribution in [-0.4, -0.2) is 33.4 Å². The number of hydrogen-bond donors (Lipinski definition) is 3. The summed E-state index contributed by atoms with van der Waals surface area (Å²) < 4.78 is 15.2. The predicted molar refractivity (Wildman–Crippen MR) is 108 cm³/mol. The van der Waals surface area contributed by atoms with Gasteiger partial charge >= 0.3 is 6.03 Å². The highest BCUT2D eigenvalue weighted by atomic mass is 32.2. The van der Waals surface area contributed by atoms with E-state index in [0.29, 0.717) is 12.1 Å². The second-order valence-electron chi connectivity index (χ2n) is 5.91. The summed E-state index contributed by atoms with van der Waals surface area (Å²) in [5.41, 5.74) is 0.840. The highest BCUT2D eigenvalue weighted by Gasteiger charge is 2.27. The average molecular weight is 414 g/mol. The van der Waals surface area contributed by atoms with Gasteiger partial charge in [-0.3, -0.25) is 10.1 Å². The van der Waals surface area contributed by atoms with Gasteiger partial charge in [-0.25, -0.2) is 13.9 Å². The molecule has 3 amide bonds. The van der Waals surface area contributed by atoms with Crippen LogP contribution in [0.5, 0.6) is 0 Å². The maximum absolute atomic E-state index is 14.1. The molecule has 0 aliphatic carbocycles. The zero-order valence-corrected chi connectivity index (χ0v) is 16.3. The lowest BCUT2D eigenvalue weighted by atomic mass is 10.1. The van der Waals surface area contributed by atoms with Crippen LogP contribution in [0.2, 0.25) is 0 Å². The van der Waals surface area contributed by atoms with Crippen LogP contribution in [-0.2, 0) is 4.79 Å². The normalized spacial score (nSPS) is 11.7. The largest absolute Gasteiger partial charge is 0.338 e. The molecule has 1 aromatic heterocycles. The van der Waals surface area contributed by atoms with Gasteiger partial charge in [-0.05, 0) is 24.6 Å². The van der Waals surface area contributed by atoms with E-state index in [-0.39, 0.29) is 16.5 Å². The minimum Gasteiger partial charge on any atom is -0.338 e. The lowest BCUT2D eigenvalue weighted by molar-refractivity contribution is -0.119. The number of nitrogens with two attached hydrogens (primary N) is 1. The van der Waals surface area contributed by atoms with Crippen molar-refractivity contribution in [2.45, 2.75) is 17.3 Å². The van der Waals surface area contributed by atoms with Gasteiger partial charge in [0.1, 0.15) is 11.1 Å². The Morgan fingerprint density at radius 1 is 1.14 bits per heavy atom. The molecule has 0 saturated heterocycles. The fourth-order valence-electron chi connectivity index (χ4n) is 2.57. The molecule has 0 bridgehead atoms. The maximum atomic E-state index is 14.1. The van der Waals surface area contributed by atoms with Crippen LogP contribution in [0.4, 0.5) is 9.18 Å². The number of imide groups is 1. The van der Waals surface area contributed by atoms with Crippen LogP contribution >= 0.6 is 11.8 Å². The number of thioether (sulfide) groups is 1. The molecule has 3 rings (SSSR count). The molecule has 0 aliphatic heterocycles. The van der Waals surface area contributed by atoms with Gasteiger partial charge in [0.2, 0.25) is 11.1 Å². The summed E-state index contributed by atoms with van der Waals surface area (Å²) in [4.78, 5) is 24.5. The second-order valence-corrected chi connectivity index (χ2v) is 6.99. The van der Waals surface area contributed by atoms with E-state index in [2.05, 4.69) is 20.8 Å². The van der Waals surface area contributed by atoms with Gasteiger partial charge in [-0.2, -0.15) is 0 Å². The summed E-state index contributed by atoms with van der Waals surface area (Å²) in [6.07, 6.45) is 0. The third-order valence-corrected chi connectivity index (χ3v) is 5.13. The average Bonchev–Trinajstić information content (AvgIpc) is 3.07. The Labute approximate surface area is 170 Å². The minimum absolute atomic E-state index is 0.126. The first-order chi connectivity index (χ1) is 14.0. The molecule has 0 spiro atoms. The summed E-state index contributed by atoms with van der Waals surface area (Å²) in [7, 11) is 0. The van der Waals surface area contributed by atoms with Crippen molar-refractivity contribution in [2.75, 3.05) is 12.4 Å². The molecule has 0 unspecified atom stereocenters. The monoisotopic (exact) mass is 414 g/mol. The quantitative estimate of drug-likeness (QED) is 0.422. The topological polar surface area (TPSA) is 115 Å². The van der Waals surface area contributed by atoms with E-state index in [1.54, 1.807) is 43.3 Å². The molecule has 10 heteroatoms. The molecule has 1 atom stereocenters. The molecular weight excluding hydrogens is 395 g/mol. The Hall–Kier alpha value is -3.40. The maximum Gasteiger partial charge on any atom is 0.321 e. The summed E-state index contributed by atoms with van der Waals surface area (Å²) in [5.74, 6) is 5.17. The molecule has 0 radical (unpaired) electrons. The Morgan fingerprint density at radius 2 is 1.83 bits per heavy atom. The number of benzene rings is 2. The molecule has 0 fully saturated rings. The van der Waals surface area contributed by atoms with Crippen LogP contribution in [0.3, 0.4) is 0 Å². The van der Waals surface area contributed by atoms with Crippen molar-refractivity contribution in [1.82, 2.24) is 25.5 Å². The highest BCUT2D eigenvalue weighted by Crippen LogP contribution is 2.35. The zero-order valence-electron chi connectivity index (χ0n) is 15.5. The van der Waals surface area contributed by atoms with Crippen LogP contribution in [0.15, 0.2) is 59.8 Å². The summed E-state index contributed by atoms with van der Waals surface area (Å²) >= 11 is 1.01. The highest BCUT2D eigenvalue weighted by molar-refractivity contribution is 8.00. The second kappa shape index (κ2) is 9.20. The Morgan fingerprint density at radius 3 is 2.52 bits per heavy atom. The number of carbonyl (C=O) groups excluding carboxylic acids is 2. The van der Waals surface area contributed by atoms with Crippen molar-refractivity contribution in [2.24, 2.45) is 0 Å². The van der Waals surface area contributed by atoms with Gasteiger partial charge in [-0.1, -0.05) is 54.2 Å². The Kier molecular flexibility index (Phi) is 6.45. The Balaban J connectivity index is 1.90. The van der Waals surface area contributed by atoms with Gasteiger partial charge in [0, 0.05) is 6.54 Å². The molecule has 1 heterocycles. The van der Waals surface area contributed by atoms with Crippen molar-refractivity contribution < 1.29 is 14.0 Å². The number of nitrogens with one attached hydrogen (secondary N) is 2. The third-order valence-electron chi connectivity index (χ3n) is 3.92. The third kappa shape index (κ3) is 4.72. The first-order valence-corrected chi connectivity index (χ1v) is 9.65. The van der Waals surface area contributed by atoms with Crippen LogP contribution in [0.25, 0.3) is 11.4 Å². The smallest absolute Gasteiger partial charge is 0.321 e. The number of nitrogen functional groups attached to an aromatic ring is 1. The van der Waals surface area contributed by atoms with Gasteiger partial charge in [0.15, 0.2) is 5.82 Å². The van der Waals surface area contributed by atoms with Crippen LogP contribution in [0.1, 0.15) is 17.7 Å². The number of amides is 3. The lowest BCUT2D eigenvalue weighted by Crippen LogP contribution is -2.41. The van der Waals surface area contributed by atoms with Crippen LogP contribution in [0, 0.1) is 5.82 Å².